The Balaban J connectivity index is 3.24. The Hall–Kier alpha value is -1.60. The summed E-state index contributed by atoms with van der Waals surface area (Å²) < 4.78 is 33.1. The third-order valence-corrected chi connectivity index (χ3v) is 4.06. The van der Waals surface area contributed by atoms with Crippen LogP contribution in [0, 0.1) is 0 Å². The first-order valence-electron chi connectivity index (χ1n) is 5.50. The van der Waals surface area contributed by atoms with Gasteiger partial charge in [-0.3, -0.25) is 0 Å². The first-order valence-corrected chi connectivity index (χ1v) is 7.32. The summed E-state index contributed by atoms with van der Waals surface area (Å²) in [6.07, 6.45) is 0. The first-order chi connectivity index (χ1) is 8.95. The number of carbonyl (C=O) groups excluding carboxylic acids is 1. The molecule has 0 aliphatic rings. The number of esters is 1. The predicted octanol–water partition coefficient (Wildman–Crippen LogP) is 0.389. The highest BCUT2D eigenvalue weighted by Gasteiger charge is 2.21. The van der Waals surface area contributed by atoms with E-state index in [0.29, 0.717) is 5.56 Å². The zero-order valence-electron chi connectivity index (χ0n) is 10.8. The summed E-state index contributed by atoms with van der Waals surface area (Å²) in [6, 6.07) is 4.66. The summed E-state index contributed by atoms with van der Waals surface area (Å²) in [5, 5.41) is 8.71. The molecule has 1 N–H and O–H groups in total. The van der Waals surface area contributed by atoms with Gasteiger partial charge in [0, 0.05) is 0 Å². The average molecular weight is 288 g/mol. The molecule has 0 aliphatic heterocycles. The lowest BCUT2D eigenvalue weighted by molar-refractivity contribution is 0.0596. The van der Waals surface area contributed by atoms with Crippen molar-refractivity contribution in [2.75, 3.05) is 26.6 Å². The third kappa shape index (κ3) is 3.93. The van der Waals surface area contributed by atoms with Crippen molar-refractivity contribution >= 4 is 15.8 Å². The maximum atomic E-state index is 11.7. The Kier molecular flexibility index (Phi) is 5.31. The molecule has 6 nitrogen and oxygen atoms in total. The second-order valence-electron chi connectivity index (χ2n) is 3.80. The lowest BCUT2D eigenvalue weighted by Crippen LogP contribution is -2.16. The number of aliphatic hydroxyl groups is 1. The maximum Gasteiger partial charge on any atom is 0.341 e. The van der Waals surface area contributed by atoms with Crippen LogP contribution in [0.25, 0.3) is 0 Å². The van der Waals surface area contributed by atoms with Crippen molar-refractivity contribution in [2.24, 2.45) is 0 Å². The number of ether oxygens (including phenoxy) is 2. The minimum Gasteiger partial charge on any atom is -0.496 e. The van der Waals surface area contributed by atoms with E-state index in [1.807, 2.05) is 0 Å². The topological polar surface area (TPSA) is 89.9 Å². The van der Waals surface area contributed by atoms with Crippen LogP contribution in [0.15, 0.2) is 18.2 Å². The summed E-state index contributed by atoms with van der Waals surface area (Å²) in [6.45, 7) is -0.458. The number of rotatable bonds is 6. The normalized spacial score (nSPS) is 11.1. The Morgan fingerprint density at radius 2 is 2.00 bits per heavy atom. The van der Waals surface area contributed by atoms with Gasteiger partial charge in [0.25, 0.3) is 0 Å². The number of hydrogen-bond donors (Lipinski definition) is 1. The van der Waals surface area contributed by atoms with Gasteiger partial charge in [0.1, 0.15) is 11.3 Å². The molecule has 0 heterocycles. The van der Waals surface area contributed by atoms with E-state index in [-0.39, 0.29) is 22.8 Å². The zero-order chi connectivity index (χ0) is 14.5. The molecule has 0 unspecified atom stereocenters. The molecule has 0 aromatic heterocycles. The second kappa shape index (κ2) is 6.53. The van der Waals surface area contributed by atoms with Crippen LogP contribution in [-0.4, -0.2) is 46.1 Å². The van der Waals surface area contributed by atoms with Crippen LogP contribution in [0.2, 0.25) is 0 Å². The van der Waals surface area contributed by atoms with E-state index >= 15 is 0 Å². The lowest BCUT2D eigenvalue weighted by atomic mass is 10.1. The SMILES string of the molecule is COC(=O)c1c(CS(=O)(=O)CCO)cccc1OC. The molecule has 0 aliphatic carbocycles. The molecule has 0 radical (unpaired) electrons. The monoisotopic (exact) mass is 288 g/mol. The minimum absolute atomic E-state index is 0.0917. The molecule has 106 valence electrons. The first kappa shape index (κ1) is 15.5. The quantitative estimate of drug-likeness (QED) is 0.762. The average Bonchev–Trinajstić information content (AvgIpc) is 2.36. The molecule has 0 spiro atoms. The summed E-state index contributed by atoms with van der Waals surface area (Å²) in [5.41, 5.74) is 0.383. The number of benzene rings is 1. The summed E-state index contributed by atoms with van der Waals surface area (Å²) in [4.78, 5) is 11.7. The molecule has 19 heavy (non-hydrogen) atoms. The molecule has 0 saturated carbocycles. The highest BCUT2D eigenvalue weighted by molar-refractivity contribution is 7.90. The summed E-state index contributed by atoms with van der Waals surface area (Å²) >= 11 is 0. The van der Waals surface area contributed by atoms with Gasteiger partial charge >= 0.3 is 5.97 Å². The van der Waals surface area contributed by atoms with E-state index < -0.39 is 22.4 Å². The molecule has 0 atom stereocenters. The van der Waals surface area contributed by atoms with E-state index in [0.717, 1.165) is 0 Å². The molecule has 1 aromatic rings. The van der Waals surface area contributed by atoms with E-state index in [1.54, 1.807) is 12.1 Å². The van der Waals surface area contributed by atoms with Gasteiger partial charge in [-0.1, -0.05) is 12.1 Å². The minimum atomic E-state index is -3.49. The zero-order valence-corrected chi connectivity index (χ0v) is 11.6. The molecular formula is C12H16O6S. The number of hydrogen-bond acceptors (Lipinski definition) is 6. The van der Waals surface area contributed by atoms with Crippen LogP contribution in [0.5, 0.6) is 5.75 Å². The summed E-state index contributed by atoms with van der Waals surface area (Å²) in [7, 11) is -0.895. The van der Waals surface area contributed by atoms with Crippen LogP contribution in [0.4, 0.5) is 0 Å². The van der Waals surface area contributed by atoms with Crippen molar-refractivity contribution in [3.05, 3.63) is 29.3 Å². The van der Waals surface area contributed by atoms with Gasteiger partial charge in [0.2, 0.25) is 0 Å². The molecule has 0 saturated heterocycles. The van der Waals surface area contributed by atoms with Gasteiger partial charge in [-0.2, -0.15) is 0 Å². The molecule has 0 bridgehead atoms. The number of methoxy groups -OCH3 is 2. The van der Waals surface area contributed by atoms with Crippen LogP contribution in [0.1, 0.15) is 15.9 Å². The van der Waals surface area contributed by atoms with Crippen LogP contribution < -0.4 is 4.74 Å². The van der Waals surface area contributed by atoms with E-state index in [9.17, 15) is 13.2 Å². The fourth-order valence-corrected chi connectivity index (χ4v) is 2.79. The van der Waals surface area contributed by atoms with Gasteiger partial charge < -0.3 is 14.6 Å². The van der Waals surface area contributed by atoms with Gasteiger partial charge in [-0.25, -0.2) is 13.2 Å². The molecule has 1 rings (SSSR count). The van der Waals surface area contributed by atoms with E-state index in [2.05, 4.69) is 4.74 Å². The fourth-order valence-electron chi connectivity index (χ4n) is 1.65. The molecule has 7 heteroatoms. The van der Waals surface area contributed by atoms with Crippen molar-refractivity contribution in [1.82, 2.24) is 0 Å². The summed E-state index contributed by atoms with van der Waals surface area (Å²) in [5.74, 6) is -1.12. The predicted molar refractivity (Wildman–Crippen MR) is 68.9 cm³/mol. The van der Waals surface area contributed by atoms with Crippen molar-refractivity contribution in [3.63, 3.8) is 0 Å². The number of carbonyl (C=O) groups is 1. The highest BCUT2D eigenvalue weighted by atomic mass is 32.2. The third-order valence-electron chi connectivity index (χ3n) is 2.50. The Morgan fingerprint density at radius 3 is 2.53 bits per heavy atom. The van der Waals surface area contributed by atoms with Crippen molar-refractivity contribution in [3.8, 4) is 5.75 Å². The van der Waals surface area contributed by atoms with Gasteiger partial charge in [-0.05, 0) is 11.6 Å². The molecule has 1 aromatic carbocycles. The van der Waals surface area contributed by atoms with E-state index in [1.165, 1.54) is 20.3 Å². The molecule has 0 amide bonds. The number of aliphatic hydroxyl groups excluding tert-OH is 1. The Labute approximate surface area is 111 Å². The molecule has 0 fully saturated rings. The second-order valence-corrected chi connectivity index (χ2v) is 5.99. The lowest BCUT2D eigenvalue weighted by Gasteiger charge is -2.12. The Bertz CT molecular complexity index is 549. The van der Waals surface area contributed by atoms with Gasteiger partial charge in [0.15, 0.2) is 9.84 Å². The smallest absolute Gasteiger partial charge is 0.341 e. The van der Waals surface area contributed by atoms with Crippen LogP contribution in [0.3, 0.4) is 0 Å². The fraction of sp³-hybridized carbons (Fsp3) is 0.417. The number of sulfone groups is 1. The van der Waals surface area contributed by atoms with Gasteiger partial charge in [0.05, 0.1) is 32.3 Å². The van der Waals surface area contributed by atoms with E-state index in [4.69, 9.17) is 9.84 Å². The van der Waals surface area contributed by atoms with Crippen molar-refractivity contribution in [1.29, 1.82) is 0 Å². The highest BCUT2D eigenvalue weighted by Crippen LogP contribution is 2.24. The van der Waals surface area contributed by atoms with Crippen LogP contribution >= 0.6 is 0 Å². The molecular weight excluding hydrogens is 272 g/mol. The standard InChI is InChI=1S/C12H16O6S/c1-17-10-5-3-4-9(11(10)12(14)18-2)8-19(15,16)7-6-13/h3-5,13H,6-8H2,1-2H3. The van der Waals surface area contributed by atoms with Crippen LogP contribution in [-0.2, 0) is 20.3 Å². The maximum absolute atomic E-state index is 11.7. The largest absolute Gasteiger partial charge is 0.496 e. The van der Waals surface area contributed by atoms with Crippen molar-refractivity contribution < 1.29 is 27.8 Å². The van der Waals surface area contributed by atoms with Crippen molar-refractivity contribution in [2.45, 2.75) is 5.75 Å². The van der Waals surface area contributed by atoms with Gasteiger partial charge in [-0.15, -0.1) is 0 Å². The Morgan fingerprint density at radius 1 is 1.32 bits per heavy atom.